The number of amides is 3. The lowest BCUT2D eigenvalue weighted by molar-refractivity contribution is -0.130. The summed E-state index contributed by atoms with van der Waals surface area (Å²) in [6, 6.07) is 6.79. The first-order chi connectivity index (χ1) is 14.1. The van der Waals surface area contributed by atoms with Crippen molar-refractivity contribution in [1.82, 2.24) is 16.0 Å². The number of halogens is 3. The maximum Gasteiger partial charge on any atom is 0.251 e. The van der Waals surface area contributed by atoms with Gasteiger partial charge in [0.05, 0.1) is 0 Å². The zero-order chi connectivity index (χ0) is 22.4. The molecule has 0 spiro atoms. The summed E-state index contributed by atoms with van der Waals surface area (Å²) < 4.78 is 26.9. The van der Waals surface area contributed by atoms with Gasteiger partial charge in [-0.15, -0.1) is 0 Å². The molecule has 0 aromatic heterocycles. The Morgan fingerprint density at radius 1 is 0.900 bits per heavy atom. The van der Waals surface area contributed by atoms with Crippen LogP contribution in [0, 0.1) is 17.6 Å². The summed E-state index contributed by atoms with van der Waals surface area (Å²) in [4.78, 5) is 37.6. The van der Waals surface area contributed by atoms with E-state index in [1.807, 2.05) is 0 Å². The molecule has 160 valence electrons. The average molecular weight is 438 g/mol. The molecule has 0 aliphatic heterocycles. The van der Waals surface area contributed by atoms with Gasteiger partial charge in [-0.3, -0.25) is 14.4 Å². The van der Waals surface area contributed by atoms with Crippen LogP contribution in [0.2, 0.25) is 5.02 Å². The highest BCUT2D eigenvalue weighted by atomic mass is 35.5. The number of carbonyl (C=O) groups is 3. The molecule has 2 rings (SSSR count). The first kappa shape index (κ1) is 23.3. The highest BCUT2D eigenvalue weighted by molar-refractivity contribution is 6.30. The molecule has 0 heterocycles. The Kier molecular flexibility index (Phi) is 7.88. The highest BCUT2D eigenvalue weighted by Crippen LogP contribution is 2.18. The van der Waals surface area contributed by atoms with Crippen molar-refractivity contribution in [2.45, 2.75) is 25.9 Å². The van der Waals surface area contributed by atoms with Crippen LogP contribution in [0.5, 0.6) is 0 Å². The monoisotopic (exact) mass is 437 g/mol. The lowest BCUT2D eigenvalue weighted by Crippen LogP contribution is -2.52. The van der Waals surface area contributed by atoms with Crippen LogP contribution in [0.15, 0.2) is 42.5 Å². The maximum absolute atomic E-state index is 13.6. The van der Waals surface area contributed by atoms with Crippen LogP contribution in [0.4, 0.5) is 8.78 Å². The normalized spacial score (nSPS) is 12.8. The van der Waals surface area contributed by atoms with Crippen LogP contribution >= 0.6 is 11.6 Å². The van der Waals surface area contributed by atoms with Crippen LogP contribution < -0.4 is 16.0 Å². The lowest BCUT2D eigenvalue weighted by Gasteiger charge is -2.25. The molecule has 0 bridgehead atoms. The van der Waals surface area contributed by atoms with Crippen molar-refractivity contribution in [3.8, 4) is 0 Å². The number of likely N-dealkylation sites (N-methyl/N-ethyl adjacent to an activating group) is 1. The van der Waals surface area contributed by atoms with Crippen molar-refractivity contribution in [2.24, 2.45) is 5.92 Å². The summed E-state index contributed by atoms with van der Waals surface area (Å²) in [5.74, 6) is -4.31. The molecule has 2 atom stereocenters. The van der Waals surface area contributed by atoms with Gasteiger partial charge in [-0.1, -0.05) is 31.5 Å². The minimum absolute atomic E-state index is 0.0631. The molecule has 0 aliphatic rings. The predicted molar refractivity (Wildman–Crippen MR) is 109 cm³/mol. The molecule has 0 saturated carbocycles. The third kappa shape index (κ3) is 5.76. The third-order valence-electron chi connectivity index (χ3n) is 4.41. The Labute approximate surface area is 178 Å². The molecule has 2 unspecified atom stereocenters. The molecule has 0 aliphatic carbocycles. The standard InChI is InChI=1S/C21H22ClF2N3O3/c1-11(2)17(26-19(28)12-4-7-14(22)8-5-12)21(30)27-18(20(29)25-3)13-6-9-15(23)16(24)10-13/h4-11,17-18H,1-3H3,(H,25,29)(H,26,28)(H,27,30). The summed E-state index contributed by atoms with van der Waals surface area (Å²) in [6.07, 6.45) is 0. The van der Waals surface area contributed by atoms with Gasteiger partial charge >= 0.3 is 0 Å². The Morgan fingerprint density at radius 3 is 2.07 bits per heavy atom. The molecule has 2 aromatic rings. The van der Waals surface area contributed by atoms with Crippen molar-refractivity contribution in [2.75, 3.05) is 7.05 Å². The van der Waals surface area contributed by atoms with E-state index in [1.165, 1.54) is 25.2 Å². The van der Waals surface area contributed by atoms with E-state index in [2.05, 4.69) is 16.0 Å². The average Bonchev–Trinajstić information content (AvgIpc) is 2.71. The number of hydrogen-bond acceptors (Lipinski definition) is 3. The highest BCUT2D eigenvalue weighted by Gasteiger charge is 2.30. The number of hydrogen-bond donors (Lipinski definition) is 3. The van der Waals surface area contributed by atoms with Crippen LogP contribution in [-0.2, 0) is 9.59 Å². The first-order valence-electron chi connectivity index (χ1n) is 9.17. The molecule has 0 fully saturated rings. The number of carbonyl (C=O) groups excluding carboxylic acids is 3. The second kappa shape index (κ2) is 10.2. The zero-order valence-electron chi connectivity index (χ0n) is 16.6. The second-order valence-electron chi connectivity index (χ2n) is 6.93. The molecule has 9 heteroatoms. The summed E-state index contributed by atoms with van der Waals surface area (Å²) >= 11 is 5.82. The fourth-order valence-corrected chi connectivity index (χ4v) is 2.86. The third-order valence-corrected chi connectivity index (χ3v) is 4.67. The largest absolute Gasteiger partial charge is 0.357 e. The van der Waals surface area contributed by atoms with E-state index in [-0.39, 0.29) is 11.5 Å². The Hall–Kier alpha value is -3.00. The van der Waals surface area contributed by atoms with Crippen molar-refractivity contribution in [3.05, 3.63) is 70.2 Å². The maximum atomic E-state index is 13.6. The molecule has 6 nitrogen and oxygen atoms in total. The molecular formula is C21H22ClF2N3O3. The van der Waals surface area contributed by atoms with Gasteiger partial charge in [-0.2, -0.15) is 0 Å². The SMILES string of the molecule is CNC(=O)C(NC(=O)C(NC(=O)c1ccc(Cl)cc1)C(C)C)c1ccc(F)c(F)c1. The fraction of sp³-hybridized carbons (Fsp3) is 0.286. The topological polar surface area (TPSA) is 87.3 Å². The van der Waals surface area contributed by atoms with E-state index in [0.29, 0.717) is 10.6 Å². The molecule has 30 heavy (non-hydrogen) atoms. The van der Waals surface area contributed by atoms with Gasteiger partial charge in [0.1, 0.15) is 12.1 Å². The Morgan fingerprint density at radius 2 is 1.53 bits per heavy atom. The smallest absolute Gasteiger partial charge is 0.251 e. The van der Waals surface area contributed by atoms with Gasteiger partial charge in [-0.05, 0) is 47.9 Å². The van der Waals surface area contributed by atoms with Gasteiger partial charge in [0, 0.05) is 17.6 Å². The minimum atomic E-state index is -1.27. The van der Waals surface area contributed by atoms with E-state index < -0.39 is 41.4 Å². The summed E-state index contributed by atoms with van der Waals surface area (Å²) in [5.41, 5.74) is 0.370. The summed E-state index contributed by atoms with van der Waals surface area (Å²) in [7, 11) is 1.35. The van der Waals surface area contributed by atoms with Gasteiger partial charge in [0.25, 0.3) is 5.91 Å². The molecule has 0 saturated heterocycles. The fourth-order valence-electron chi connectivity index (χ4n) is 2.73. The zero-order valence-corrected chi connectivity index (χ0v) is 17.4. The van der Waals surface area contributed by atoms with E-state index in [0.717, 1.165) is 12.1 Å². The van der Waals surface area contributed by atoms with E-state index >= 15 is 0 Å². The molecule has 3 N–H and O–H groups in total. The van der Waals surface area contributed by atoms with E-state index in [4.69, 9.17) is 11.6 Å². The van der Waals surface area contributed by atoms with Crippen molar-refractivity contribution in [1.29, 1.82) is 0 Å². The van der Waals surface area contributed by atoms with E-state index in [1.54, 1.807) is 26.0 Å². The van der Waals surface area contributed by atoms with Crippen molar-refractivity contribution < 1.29 is 23.2 Å². The van der Waals surface area contributed by atoms with Gasteiger partial charge in [-0.25, -0.2) is 8.78 Å². The van der Waals surface area contributed by atoms with E-state index in [9.17, 15) is 23.2 Å². The predicted octanol–water partition coefficient (Wildman–Crippen LogP) is 2.98. The second-order valence-corrected chi connectivity index (χ2v) is 7.37. The molecular weight excluding hydrogens is 416 g/mol. The lowest BCUT2D eigenvalue weighted by atomic mass is 10.0. The molecule has 3 amide bonds. The number of benzene rings is 2. The van der Waals surface area contributed by atoms with Crippen molar-refractivity contribution in [3.63, 3.8) is 0 Å². The van der Waals surface area contributed by atoms with Crippen LogP contribution in [-0.4, -0.2) is 30.8 Å². The Bertz CT molecular complexity index is 936. The number of nitrogens with one attached hydrogen (secondary N) is 3. The number of rotatable bonds is 7. The summed E-state index contributed by atoms with van der Waals surface area (Å²) in [6.45, 7) is 3.44. The van der Waals surface area contributed by atoms with Gasteiger partial charge in [0.15, 0.2) is 11.6 Å². The van der Waals surface area contributed by atoms with Crippen LogP contribution in [0.25, 0.3) is 0 Å². The van der Waals surface area contributed by atoms with Gasteiger partial charge < -0.3 is 16.0 Å². The van der Waals surface area contributed by atoms with Gasteiger partial charge in [0.2, 0.25) is 11.8 Å². The molecule has 2 aromatic carbocycles. The van der Waals surface area contributed by atoms with Crippen LogP contribution in [0.3, 0.4) is 0 Å². The minimum Gasteiger partial charge on any atom is -0.357 e. The molecule has 0 radical (unpaired) electrons. The van der Waals surface area contributed by atoms with Crippen molar-refractivity contribution >= 4 is 29.3 Å². The quantitative estimate of drug-likeness (QED) is 0.622. The first-order valence-corrected chi connectivity index (χ1v) is 9.55. The van der Waals surface area contributed by atoms with Crippen LogP contribution in [0.1, 0.15) is 35.8 Å². The Balaban J connectivity index is 2.23. The summed E-state index contributed by atoms with van der Waals surface area (Å²) in [5, 5.41) is 7.96.